The fraction of sp³-hybridized carbons (Fsp3) is 0.778. The van der Waals surface area contributed by atoms with Crippen molar-refractivity contribution in [3.05, 3.63) is 5.21 Å². The molecule has 0 aromatic carbocycles. The van der Waals surface area contributed by atoms with E-state index < -0.39 is 17.1 Å². The van der Waals surface area contributed by atoms with Gasteiger partial charge in [-0.3, -0.25) is 4.79 Å². The molecule has 0 aromatic heterocycles. The maximum Gasteiger partial charge on any atom is 0.311 e. The summed E-state index contributed by atoms with van der Waals surface area (Å²) in [5, 5.41) is 11.8. The van der Waals surface area contributed by atoms with Gasteiger partial charge in [-0.05, 0) is 20.9 Å². The molecule has 1 aliphatic heterocycles. The molecule has 0 aliphatic carbocycles. The minimum Gasteiger partial charge on any atom is -0.622 e. The maximum atomic E-state index is 11.8. The Morgan fingerprint density at radius 1 is 1.43 bits per heavy atom. The first-order valence-electron chi connectivity index (χ1n) is 4.52. The molecule has 0 fully saturated rings. The molecule has 0 spiro atoms. The molecule has 0 radical (unpaired) electrons. The molecule has 0 bridgehead atoms. The van der Waals surface area contributed by atoms with Crippen molar-refractivity contribution >= 4 is 11.6 Å². The van der Waals surface area contributed by atoms with Crippen molar-refractivity contribution in [3.63, 3.8) is 0 Å². The largest absolute Gasteiger partial charge is 0.622 e. The third kappa shape index (κ3) is 1.12. The van der Waals surface area contributed by atoms with Gasteiger partial charge < -0.3 is 10.9 Å². The Kier molecular flexibility index (Phi) is 2.11. The van der Waals surface area contributed by atoms with Gasteiger partial charge >= 0.3 is 5.91 Å². The predicted molar refractivity (Wildman–Crippen MR) is 53.7 cm³/mol. The van der Waals surface area contributed by atoms with E-state index in [4.69, 9.17) is 5.73 Å². The van der Waals surface area contributed by atoms with E-state index in [9.17, 15) is 10.0 Å². The van der Waals surface area contributed by atoms with Crippen LogP contribution in [0.15, 0.2) is 0 Å². The van der Waals surface area contributed by atoms with E-state index in [1.54, 1.807) is 20.9 Å². The molecule has 14 heavy (non-hydrogen) atoms. The zero-order chi connectivity index (χ0) is 11.3. The van der Waals surface area contributed by atoms with Gasteiger partial charge in [0.1, 0.15) is 5.54 Å². The van der Waals surface area contributed by atoms with Crippen molar-refractivity contribution in [2.24, 2.45) is 5.73 Å². The van der Waals surface area contributed by atoms with Crippen LogP contribution in [0.4, 0.5) is 0 Å². The summed E-state index contributed by atoms with van der Waals surface area (Å²) >= 11 is 0. The second kappa shape index (κ2) is 2.70. The SMILES string of the molecule is CN1C(C)(C)C(C(N)=O)=[N+]([O-])C1(C)C. The number of carbonyl (C=O) groups is 1. The number of hydrogen-bond donors (Lipinski definition) is 1. The van der Waals surface area contributed by atoms with Gasteiger partial charge in [-0.15, -0.1) is 0 Å². The molecule has 1 rings (SSSR count). The number of nitrogens with two attached hydrogens (primary N) is 1. The van der Waals surface area contributed by atoms with E-state index in [2.05, 4.69) is 0 Å². The monoisotopic (exact) mass is 199 g/mol. The van der Waals surface area contributed by atoms with Crippen molar-refractivity contribution in [3.8, 4) is 0 Å². The first-order valence-corrected chi connectivity index (χ1v) is 4.52. The highest BCUT2D eigenvalue weighted by atomic mass is 16.5. The number of rotatable bonds is 1. The van der Waals surface area contributed by atoms with E-state index in [0.29, 0.717) is 4.74 Å². The average Bonchev–Trinajstić information content (AvgIpc) is 2.10. The van der Waals surface area contributed by atoms with E-state index in [1.165, 1.54) is 0 Å². The van der Waals surface area contributed by atoms with Gasteiger partial charge in [-0.2, -0.15) is 4.74 Å². The highest BCUT2D eigenvalue weighted by molar-refractivity contribution is 6.39. The summed E-state index contributed by atoms with van der Waals surface area (Å²) in [4.78, 5) is 13.0. The van der Waals surface area contributed by atoms with E-state index in [-0.39, 0.29) is 5.71 Å². The Labute approximate surface area is 83.8 Å². The third-order valence-corrected chi connectivity index (χ3v) is 3.17. The minimum absolute atomic E-state index is 0.116. The topological polar surface area (TPSA) is 72.4 Å². The summed E-state index contributed by atoms with van der Waals surface area (Å²) in [6.45, 7) is 7.15. The molecule has 0 aromatic rings. The standard InChI is InChI=1S/C9H17N3O2/c1-8(2)6(7(10)13)12(14)9(3,4)11(8)5/h1-5H3,(H2,10,13). The molecular weight excluding hydrogens is 182 g/mol. The number of primary amides is 1. The van der Waals surface area contributed by atoms with Crippen LogP contribution in [0.5, 0.6) is 0 Å². The van der Waals surface area contributed by atoms with Crippen LogP contribution in [0, 0.1) is 5.21 Å². The molecule has 0 saturated heterocycles. The summed E-state index contributed by atoms with van der Waals surface area (Å²) in [7, 11) is 1.81. The van der Waals surface area contributed by atoms with Crippen molar-refractivity contribution < 1.29 is 9.53 Å². The summed E-state index contributed by atoms with van der Waals surface area (Å²) in [6, 6.07) is 0. The number of hydroxylamine groups is 1. The van der Waals surface area contributed by atoms with Crippen LogP contribution in [-0.4, -0.2) is 39.5 Å². The molecule has 2 N–H and O–H groups in total. The van der Waals surface area contributed by atoms with Crippen LogP contribution >= 0.6 is 0 Å². The van der Waals surface area contributed by atoms with Crippen LogP contribution in [0.2, 0.25) is 0 Å². The highest BCUT2D eigenvalue weighted by Gasteiger charge is 2.56. The van der Waals surface area contributed by atoms with E-state index in [0.717, 1.165) is 0 Å². The molecule has 1 heterocycles. The summed E-state index contributed by atoms with van der Waals surface area (Å²) in [5.74, 6) is -0.651. The van der Waals surface area contributed by atoms with Crippen LogP contribution < -0.4 is 5.73 Å². The lowest BCUT2D eigenvalue weighted by Crippen LogP contribution is -2.52. The molecular formula is C9H17N3O2. The molecule has 0 saturated carbocycles. The van der Waals surface area contributed by atoms with Gasteiger partial charge in [0.25, 0.3) is 5.71 Å². The lowest BCUT2D eigenvalue weighted by Gasteiger charge is -2.32. The molecule has 80 valence electrons. The Morgan fingerprint density at radius 3 is 2.00 bits per heavy atom. The van der Waals surface area contributed by atoms with Crippen LogP contribution in [-0.2, 0) is 4.79 Å². The number of amides is 1. The van der Waals surface area contributed by atoms with Crippen molar-refractivity contribution in [2.75, 3.05) is 7.05 Å². The Bertz CT molecular complexity index is 318. The van der Waals surface area contributed by atoms with Gasteiger partial charge in [-0.1, -0.05) is 0 Å². The number of nitrogens with zero attached hydrogens (tertiary/aromatic N) is 2. The van der Waals surface area contributed by atoms with Crippen molar-refractivity contribution in [1.82, 2.24) is 4.90 Å². The van der Waals surface area contributed by atoms with Crippen molar-refractivity contribution in [2.45, 2.75) is 38.9 Å². The van der Waals surface area contributed by atoms with Gasteiger partial charge in [0, 0.05) is 13.8 Å². The second-order valence-corrected chi connectivity index (χ2v) is 4.62. The Morgan fingerprint density at radius 2 is 1.86 bits per heavy atom. The second-order valence-electron chi connectivity index (χ2n) is 4.62. The number of hydrogen-bond acceptors (Lipinski definition) is 3. The van der Waals surface area contributed by atoms with Gasteiger partial charge in [0.15, 0.2) is 0 Å². The van der Waals surface area contributed by atoms with E-state index >= 15 is 0 Å². The Balaban J connectivity index is 3.37. The van der Waals surface area contributed by atoms with E-state index in [1.807, 2.05) is 18.7 Å². The molecule has 5 nitrogen and oxygen atoms in total. The zero-order valence-corrected chi connectivity index (χ0v) is 9.29. The Hall–Kier alpha value is -1.10. The zero-order valence-electron chi connectivity index (χ0n) is 9.29. The van der Waals surface area contributed by atoms with Crippen LogP contribution in [0.3, 0.4) is 0 Å². The summed E-state index contributed by atoms with van der Waals surface area (Å²) in [6.07, 6.45) is 0. The van der Waals surface area contributed by atoms with Gasteiger partial charge in [0.2, 0.25) is 5.66 Å². The first kappa shape index (κ1) is 11.0. The van der Waals surface area contributed by atoms with Crippen LogP contribution in [0.1, 0.15) is 27.7 Å². The minimum atomic E-state index is -0.728. The lowest BCUT2D eigenvalue weighted by atomic mass is 9.96. The molecule has 1 amide bonds. The highest BCUT2D eigenvalue weighted by Crippen LogP contribution is 2.31. The number of carbonyl (C=O) groups excluding carboxylic acids is 1. The smallest absolute Gasteiger partial charge is 0.311 e. The van der Waals surface area contributed by atoms with Gasteiger partial charge in [-0.25, -0.2) is 4.90 Å². The fourth-order valence-electron chi connectivity index (χ4n) is 1.90. The normalized spacial score (nSPS) is 25.5. The first-order chi connectivity index (χ1) is 6.13. The molecule has 5 heteroatoms. The lowest BCUT2D eigenvalue weighted by molar-refractivity contribution is -0.556. The molecule has 1 aliphatic rings. The third-order valence-electron chi connectivity index (χ3n) is 3.17. The fourth-order valence-corrected chi connectivity index (χ4v) is 1.90. The maximum absolute atomic E-state index is 11.8. The summed E-state index contributed by atoms with van der Waals surface area (Å²) < 4.78 is 0.704. The van der Waals surface area contributed by atoms with Crippen molar-refractivity contribution in [1.29, 1.82) is 0 Å². The predicted octanol–water partition coefficient (Wildman–Crippen LogP) is -0.117. The summed E-state index contributed by atoms with van der Waals surface area (Å²) in [5.41, 5.74) is 3.98. The quantitative estimate of drug-likeness (QED) is 0.473. The van der Waals surface area contributed by atoms with Crippen LogP contribution in [0.25, 0.3) is 0 Å². The molecule has 0 atom stereocenters. The average molecular weight is 199 g/mol. The van der Waals surface area contributed by atoms with Gasteiger partial charge in [0.05, 0.1) is 0 Å². The molecule has 0 unspecified atom stereocenters.